The summed E-state index contributed by atoms with van der Waals surface area (Å²) in [4.78, 5) is 24.5. The summed E-state index contributed by atoms with van der Waals surface area (Å²) in [6, 6.07) is 33.2. The van der Waals surface area contributed by atoms with Crippen LogP contribution in [0.25, 0.3) is 33.7 Å². The molecule has 6 rings (SSSR count). The van der Waals surface area contributed by atoms with E-state index in [1.807, 2.05) is 72.8 Å². The van der Waals surface area contributed by atoms with Crippen LogP contribution in [0.2, 0.25) is 20.1 Å². The molecule has 0 saturated heterocycles. The van der Waals surface area contributed by atoms with Crippen LogP contribution in [0.3, 0.4) is 0 Å². The molecule has 0 aromatic heterocycles. The van der Waals surface area contributed by atoms with E-state index in [1.165, 1.54) is 24.3 Å². The summed E-state index contributed by atoms with van der Waals surface area (Å²) in [5, 5.41) is 25.4. The number of ether oxygens (including phenoxy) is 2. The number of carboxylic acid groups (broad SMARTS) is 2. The second kappa shape index (κ2) is 15.9. The van der Waals surface area contributed by atoms with Gasteiger partial charge in [0.05, 0.1) is 0 Å². The molecule has 0 aliphatic rings. The summed E-state index contributed by atoms with van der Waals surface area (Å²) < 4.78 is 11.9. The van der Waals surface area contributed by atoms with Gasteiger partial charge >= 0.3 is 11.9 Å². The molecular weight excluding hydrogens is 730 g/mol. The maximum absolute atomic E-state index is 12.3. The maximum Gasteiger partial charge on any atom is 0.371 e. The molecule has 0 amide bonds. The first-order valence-electron chi connectivity index (χ1n) is 15.6. The predicted molar refractivity (Wildman–Crippen MR) is 204 cm³/mol. The second-order valence-electron chi connectivity index (χ2n) is 11.6. The molecule has 0 saturated carbocycles. The van der Waals surface area contributed by atoms with Crippen molar-refractivity contribution in [2.45, 2.75) is 19.6 Å². The third-order valence-corrected chi connectivity index (χ3v) is 9.44. The van der Waals surface area contributed by atoms with Crippen molar-refractivity contribution in [2.24, 2.45) is 0 Å². The highest BCUT2D eigenvalue weighted by atomic mass is 35.5. The summed E-state index contributed by atoms with van der Waals surface area (Å²) in [5.74, 6) is -3.07. The maximum atomic E-state index is 12.3. The SMILES string of the molecule is O=C(O)/C(=C/c1ccc(Cl)cc1Cl)OCc1ccc2ccccc2c1Cc1c(CO/C(=C\c2ccc(Cl)cc2Cl)C(=O)O)ccc2ccccc12. The molecular formula is C41H28Cl4O6. The smallest absolute Gasteiger partial charge is 0.371 e. The Balaban J connectivity index is 1.39. The molecule has 0 fully saturated rings. The van der Waals surface area contributed by atoms with E-state index in [9.17, 15) is 19.8 Å². The molecule has 0 unspecified atom stereocenters. The Labute approximate surface area is 313 Å². The number of halogens is 4. The Morgan fingerprint density at radius 2 is 0.961 bits per heavy atom. The van der Waals surface area contributed by atoms with Gasteiger partial charge in [-0.3, -0.25) is 0 Å². The third-order valence-electron chi connectivity index (χ3n) is 8.31. The topological polar surface area (TPSA) is 93.1 Å². The molecule has 6 nitrogen and oxygen atoms in total. The number of rotatable bonds is 12. The lowest BCUT2D eigenvalue weighted by Crippen LogP contribution is -2.09. The summed E-state index contributed by atoms with van der Waals surface area (Å²) in [6.45, 7) is -0.0955. The van der Waals surface area contributed by atoms with Gasteiger partial charge in [-0.05, 0) is 97.8 Å². The van der Waals surface area contributed by atoms with E-state index in [0.717, 1.165) is 43.8 Å². The molecule has 10 heteroatoms. The van der Waals surface area contributed by atoms with Gasteiger partial charge in [-0.15, -0.1) is 0 Å². The largest absolute Gasteiger partial charge is 0.482 e. The standard InChI is InChI=1S/C41H28Cl4O6/c42-30-15-13-26(36(44)19-30)17-38(40(46)47)50-22-28-11-9-24-5-1-3-7-32(24)34(28)21-35-29(12-10-25-6-2-4-8-33(25)35)23-51-39(41(48)49)18-27-14-16-31(43)20-37(27)45/h1-20H,21-23H2,(H,46,47)(H,48,49)/b38-17-,39-18-. The average molecular weight is 758 g/mol. The number of hydrogen-bond donors (Lipinski definition) is 2. The Kier molecular flexibility index (Phi) is 11.2. The predicted octanol–water partition coefficient (Wildman–Crippen LogP) is 11.5. The van der Waals surface area contributed by atoms with Gasteiger partial charge in [0.2, 0.25) is 11.5 Å². The van der Waals surface area contributed by atoms with Gasteiger partial charge in [0.15, 0.2) is 0 Å². The summed E-state index contributed by atoms with van der Waals surface area (Å²) in [7, 11) is 0. The molecule has 0 aliphatic carbocycles. The van der Waals surface area contributed by atoms with Crippen molar-refractivity contribution < 1.29 is 29.3 Å². The zero-order valence-electron chi connectivity index (χ0n) is 26.7. The highest BCUT2D eigenvalue weighted by molar-refractivity contribution is 6.36. The normalized spacial score (nSPS) is 11.9. The van der Waals surface area contributed by atoms with Crippen molar-refractivity contribution in [1.82, 2.24) is 0 Å². The van der Waals surface area contributed by atoms with Crippen LogP contribution in [-0.2, 0) is 38.7 Å². The number of fused-ring (bicyclic) bond motifs is 2. The van der Waals surface area contributed by atoms with E-state index < -0.39 is 11.9 Å². The van der Waals surface area contributed by atoms with Crippen LogP contribution in [0, 0.1) is 0 Å². The van der Waals surface area contributed by atoms with E-state index in [4.69, 9.17) is 55.9 Å². The quantitative estimate of drug-likeness (QED) is 0.0954. The van der Waals surface area contributed by atoms with Crippen molar-refractivity contribution in [3.63, 3.8) is 0 Å². The number of hydrogen-bond acceptors (Lipinski definition) is 4. The highest BCUT2D eigenvalue weighted by Gasteiger charge is 2.18. The van der Waals surface area contributed by atoms with E-state index in [2.05, 4.69) is 0 Å². The molecule has 2 N–H and O–H groups in total. The van der Waals surface area contributed by atoms with Crippen molar-refractivity contribution in [3.8, 4) is 0 Å². The van der Waals surface area contributed by atoms with Gasteiger partial charge in [0, 0.05) is 20.1 Å². The molecule has 0 spiro atoms. The molecule has 256 valence electrons. The molecule has 0 heterocycles. The van der Waals surface area contributed by atoms with Crippen LogP contribution in [0.15, 0.2) is 121 Å². The van der Waals surface area contributed by atoms with Gasteiger partial charge < -0.3 is 19.7 Å². The molecule has 6 aromatic rings. The molecule has 0 aliphatic heterocycles. The zero-order chi connectivity index (χ0) is 36.1. The molecule has 0 radical (unpaired) electrons. The van der Waals surface area contributed by atoms with Crippen LogP contribution in [0.5, 0.6) is 0 Å². The van der Waals surface area contributed by atoms with E-state index >= 15 is 0 Å². The fraction of sp³-hybridized carbons (Fsp3) is 0.0732. The van der Waals surface area contributed by atoms with Gasteiger partial charge in [0.1, 0.15) is 13.2 Å². The minimum absolute atomic E-state index is 0.0478. The molecule has 6 aromatic carbocycles. The molecule has 0 atom stereocenters. The minimum atomic E-state index is -1.25. The average Bonchev–Trinajstić information content (AvgIpc) is 3.11. The minimum Gasteiger partial charge on any atom is -0.482 e. The van der Waals surface area contributed by atoms with E-state index in [1.54, 1.807) is 24.3 Å². The van der Waals surface area contributed by atoms with Gasteiger partial charge in [0.25, 0.3) is 0 Å². The van der Waals surface area contributed by atoms with Crippen molar-refractivity contribution in [1.29, 1.82) is 0 Å². The van der Waals surface area contributed by atoms with Crippen molar-refractivity contribution >= 4 is 92.0 Å². The van der Waals surface area contributed by atoms with E-state index in [0.29, 0.717) is 37.6 Å². The Bertz CT molecular complexity index is 2200. The summed E-state index contributed by atoms with van der Waals surface area (Å²) in [5.41, 5.74) is 4.28. The summed E-state index contributed by atoms with van der Waals surface area (Å²) >= 11 is 24.7. The highest BCUT2D eigenvalue weighted by Crippen LogP contribution is 2.33. The molecule has 51 heavy (non-hydrogen) atoms. The Morgan fingerprint density at radius 3 is 1.35 bits per heavy atom. The number of carbonyl (C=O) groups is 2. The van der Waals surface area contributed by atoms with Crippen LogP contribution >= 0.6 is 46.4 Å². The lowest BCUT2D eigenvalue weighted by atomic mass is 9.89. The molecule has 0 bridgehead atoms. The lowest BCUT2D eigenvalue weighted by molar-refractivity contribution is -0.137. The lowest BCUT2D eigenvalue weighted by Gasteiger charge is -2.19. The number of carboxylic acids is 2. The van der Waals surface area contributed by atoms with Crippen LogP contribution < -0.4 is 0 Å². The summed E-state index contributed by atoms with van der Waals surface area (Å²) in [6.07, 6.45) is 3.14. The first-order valence-corrected chi connectivity index (χ1v) is 17.1. The van der Waals surface area contributed by atoms with Crippen LogP contribution in [-0.4, -0.2) is 22.2 Å². The second-order valence-corrected chi connectivity index (χ2v) is 13.2. The first kappa shape index (κ1) is 35.8. The van der Waals surface area contributed by atoms with Gasteiger partial charge in [-0.25, -0.2) is 9.59 Å². The number of aliphatic carboxylic acids is 2. The monoisotopic (exact) mass is 756 g/mol. The van der Waals surface area contributed by atoms with Crippen molar-refractivity contribution in [2.75, 3.05) is 0 Å². The number of benzene rings is 6. The third kappa shape index (κ3) is 8.50. The van der Waals surface area contributed by atoms with Crippen LogP contribution in [0.1, 0.15) is 33.4 Å². The Morgan fingerprint density at radius 1 is 0.549 bits per heavy atom. The fourth-order valence-electron chi connectivity index (χ4n) is 5.79. The van der Waals surface area contributed by atoms with Gasteiger partial charge in [-0.2, -0.15) is 0 Å². The zero-order valence-corrected chi connectivity index (χ0v) is 29.7. The van der Waals surface area contributed by atoms with Gasteiger partial charge in [-0.1, -0.05) is 131 Å². The van der Waals surface area contributed by atoms with Crippen LogP contribution in [0.4, 0.5) is 0 Å². The van der Waals surface area contributed by atoms with Crippen molar-refractivity contribution in [3.05, 3.63) is 174 Å². The fourth-order valence-corrected chi connectivity index (χ4v) is 6.71. The first-order chi connectivity index (χ1) is 24.6. The van der Waals surface area contributed by atoms with E-state index in [-0.39, 0.29) is 24.7 Å². The Hall–Kier alpha value is -4.98.